The van der Waals surface area contributed by atoms with Crippen LogP contribution in [0.5, 0.6) is 5.75 Å². The number of hydrogen-bond acceptors (Lipinski definition) is 2. The Morgan fingerprint density at radius 3 is 2.94 bits per heavy atom. The smallest absolute Gasteiger partial charge is 0.244 e. The van der Waals surface area contributed by atoms with Crippen LogP contribution >= 0.6 is 0 Å². The average Bonchev–Trinajstić information content (AvgIpc) is 3.12. The molecule has 1 N–H and O–H groups in total. The maximum Gasteiger partial charge on any atom is 0.244 e. The van der Waals surface area contributed by atoms with Crippen LogP contribution in [-0.4, -0.2) is 18.6 Å². The second-order valence-corrected chi connectivity index (χ2v) is 4.09. The normalized spacial score (nSPS) is 14.9. The first-order valence-electron chi connectivity index (χ1n) is 6.00. The van der Waals surface area contributed by atoms with Gasteiger partial charge in [0, 0.05) is 17.7 Å². The topological polar surface area (TPSA) is 38.3 Å². The van der Waals surface area contributed by atoms with E-state index in [2.05, 4.69) is 5.32 Å². The summed E-state index contributed by atoms with van der Waals surface area (Å²) >= 11 is 0. The van der Waals surface area contributed by atoms with E-state index in [1.165, 1.54) is 0 Å². The lowest BCUT2D eigenvalue weighted by Gasteiger charge is -2.06. The van der Waals surface area contributed by atoms with E-state index >= 15 is 0 Å². The summed E-state index contributed by atoms with van der Waals surface area (Å²) < 4.78 is 5.48. The molecule has 1 aliphatic rings. The molecule has 17 heavy (non-hydrogen) atoms. The Morgan fingerprint density at radius 2 is 2.24 bits per heavy atom. The van der Waals surface area contributed by atoms with Gasteiger partial charge in [0.1, 0.15) is 5.75 Å². The van der Waals surface area contributed by atoms with Gasteiger partial charge in [-0.2, -0.15) is 0 Å². The fraction of sp³-hybridized carbons (Fsp3) is 0.357. The lowest BCUT2D eigenvalue weighted by molar-refractivity contribution is -0.116. The van der Waals surface area contributed by atoms with Crippen molar-refractivity contribution in [2.75, 3.05) is 6.61 Å². The van der Waals surface area contributed by atoms with Gasteiger partial charge in [-0.3, -0.25) is 4.79 Å². The van der Waals surface area contributed by atoms with E-state index in [9.17, 15) is 4.79 Å². The Bertz CT molecular complexity index is 422. The molecule has 0 aromatic heterocycles. The van der Waals surface area contributed by atoms with Crippen molar-refractivity contribution in [1.82, 2.24) is 5.32 Å². The summed E-state index contributed by atoms with van der Waals surface area (Å²) in [7, 11) is 0. The van der Waals surface area contributed by atoms with Crippen molar-refractivity contribution in [1.29, 1.82) is 0 Å². The van der Waals surface area contributed by atoms with Crippen molar-refractivity contribution in [3.8, 4) is 5.75 Å². The van der Waals surface area contributed by atoms with E-state index in [0.717, 1.165) is 24.2 Å². The first-order chi connectivity index (χ1) is 8.29. The minimum absolute atomic E-state index is 0.0289. The molecule has 1 aliphatic carbocycles. The highest BCUT2D eigenvalue weighted by Gasteiger charge is 2.21. The molecule has 0 saturated heterocycles. The van der Waals surface area contributed by atoms with Crippen molar-refractivity contribution < 1.29 is 9.53 Å². The van der Waals surface area contributed by atoms with Crippen LogP contribution < -0.4 is 10.1 Å². The molecule has 0 spiro atoms. The van der Waals surface area contributed by atoms with Gasteiger partial charge < -0.3 is 10.1 Å². The van der Waals surface area contributed by atoms with Gasteiger partial charge in [-0.05, 0) is 31.9 Å². The molecule has 1 saturated carbocycles. The minimum atomic E-state index is -0.0289. The molecule has 2 rings (SSSR count). The average molecular weight is 231 g/mol. The zero-order valence-electron chi connectivity index (χ0n) is 9.98. The van der Waals surface area contributed by atoms with Gasteiger partial charge in [0.05, 0.1) is 6.61 Å². The third-order valence-electron chi connectivity index (χ3n) is 2.56. The molecule has 1 fully saturated rings. The Kier molecular flexibility index (Phi) is 3.81. The van der Waals surface area contributed by atoms with Crippen LogP contribution in [0.15, 0.2) is 30.3 Å². The molecule has 3 nitrogen and oxygen atoms in total. The molecule has 0 radical (unpaired) electrons. The summed E-state index contributed by atoms with van der Waals surface area (Å²) in [6.45, 7) is 2.57. The highest BCUT2D eigenvalue weighted by molar-refractivity contribution is 5.92. The maximum absolute atomic E-state index is 11.5. The Balaban J connectivity index is 2.00. The third kappa shape index (κ3) is 3.63. The lowest BCUT2D eigenvalue weighted by atomic mass is 10.2. The summed E-state index contributed by atoms with van der Waals surface area (Å²) in [6.07, 6.45) is 5.57. The number of benzene rings is 1. The molecule has 0 unspecified atom stereocenters. The summed E-state index contributed by atoms with van der Waals surface area (Å²) in [5, 5.41) is 2.91. The standard InChI is InChI=1S/C14H17NO2/c1-2-17-13-6-4-3-5-11(13)7-10-14(16)15-12-8-9-12/h3-7,10,12H,2,8-9H2,1H3,(H,15,16). The Labute approximate surface area is 101 Å². The van der Waals surface area contributed by atoms with E-state index in [0.29, 0.717) is 12.6 Å². The van der Waals surface area contributed by atoms with Crippen LogP contribution in [0.2, 0.25) is 0 Å². The molecule has 1 aromatic carbocycles. The molecular weight excluding hydrogens is 214 g/mol. The first-order valence-corrected chi connectivity index (χ1v) is 6.00. The SMILES string of the molecule is CCOc1ccccc1C=CC(=O)NC1CC1. The second kappa shape index (κ2) is 5.53. The monoisotopic (exact) mass is 231 g/mol. The molecule has 1 aromatic rings. The van der Waals surface area contributed by atoms with Gasteiger partial charge >= 0.3 is 0 Å². The summed E-state index contributed by atoms with van der Waals surface area (Å²) in [5.74, 6) is 0.782. The fourth-order valence-electron chi connectivity index (χ4n) is 1.55. The predicted octanol–water partition coefficient (Wildman–Crippen LogP) is 2.38. The predicted molar refractivity (Wildman–Crippen MR) is 67.8 cm³/mol. The Morgan fingerprint density at radius 1 is 1.47 bits per heavy atom. The maximum atomic E-state index is 11.5. The molecular formula is C14H17NO2. The second-order valence-electron chi connectivity index (χ2n) is 4.09. The van der Waals surface area contributed by atoms with Gasteiger partial charge in [0.25, 0.3) is 0 Å². The number of rotatable bonds is 5. The number of ether oxygens (including phenoxy) is 1. The third-order valence-corrected chi connectivity index (χ3v) is 2.56. The van der Waals surface area contributed by atoms with Crippen LogP contribution in [0, 0.1) is 0 Å². The van der Waals surface area contributed by atoms with E-state index in [1.807, 2.05) is 31.2 Å². The van der Waals surface area contributed by atoms with Gasteiger partial charge in [-0.1, -0.05) is 18.2 Å². The van der Waals surface area contributed by atoms with E-state index < -0.39 is 0 Å². The number of para-hydroxylation sites is 1. The fourth-order valence-corrected chi connectivity index (χ4v) is 1.55. The zero-order chi connectivity index (χ0) is 12.1. The van der Waals surface area contributed by atoms with Gasteiger partial charge in [-0.25, -0.2) is 0 Å². The molecule has 3 heteroatoms. The highest BCUT2D eigenvalue weighted by Crippen LogP contribution is 2.20. The van der Waals surface area contributed by atoms with Crippen molar-refractivity contribution in [3.05, 3.63) is 35.9 Å². The Hall–Kier alpha value is -1.77. The van der Waals surface area contributed by atoms with Crippen LogP contribution in [0.25, 0.3) is 6.08 Å². The van der Waals surface area contributed by atoms with Crippen LogP contribution in [0.4, 0.5) is 0 Å². The van der Waals surface area contributed by atoms with E-state index in [-0.39, 0.29) is 5.91 Å². The highest BCUT2D eigenvalue weighted by atomic mass is 16.5. The van der Waals surface area contributed by atoms with Crippen LogP contribution in [0.3, 0.4) is 0 Å². The van der Waals surface area contributed by atoms with E-state index in [4.69, 9.17) is 4.74 Å². The van der Waals surface area contributed by atoms with Crippen molar-refractivity contribution >= 4 is 12.0 Å². The van der Waals surface area contributed by atoms with Crippen molar-refractivity contribution in [2.45, 2.75) is 25.8 Å². The number of nitrogens with one attached hydrogen (secondary N) is 1. The van der Waals surface area contributed by atoms with Gasteiger partial charge in [0.15, 0.2) is 0 Å². The molecule has 0 atom stereocenters. The van der Waals surface area contributed by atoms with Crippen molar-refractivity contribution in [3.63, 3.8) is 0 Å². The first kappa shape index (κ1) is 11.7. The molecule has 90 valence electrons. The van der Waals surface area contributed by atoms with Crippen LogP contribution in [-0.2, 0) is 4.79 Å². The van der Waals surface area contributed by atoms with Crippen molar-refractivity contribution in [2.24, 2.45) is 0 Å². The molecule has 0 aliphatic heterocycles. The van der Waals surface area contributed by atoms with Gasteiger partial charge in [0.2, 0.25) is 5.91 Å². The zero-order valence-corrected chi connectivity index (χ0v) is 9.98. The summed E-state index contributed by atoms with van der Waals surface area (Å²) in [5.41, 5.74) is 0.931. The molecule has 0 heterocycles. The number of carbonyl (C=O) groups excluding carboxylic acids is 1. The minimum Gasteiger partial charge on any atom is -0.493 e. The van der Waals surface area contributed by atoms with Crippen LogP contribution in [0.1, 0.15) is 25.3 Å². The lowest BCUT2D eigenvalue weighted by Crippen LogP contribution is -2.22. The largest absolute Gasteiger partial charge is 0.493 e. The van der Waals surface area contributed by atoms with Gasteiger partial charge in [-0.15, -0.1) is 0 Å². The quantitative estimate of drug-likeness (QED) is 0.790. The summed E-state index contributed by atoms with van der Waals surface area (Å²) in [4.78, 5) is 11.5. The number of hydrogen-bond donors (Lipinski definition) is 1. The van der Waals surface area contributed by atoms with E-state index in [1.54, 1.807) is 12.2 Å². The molecule has 1 amide bonds. The number of carbonyl (C=O) groups is 1. The number of amides is 1. The molecule has 0 bridgehead atoms. The summed E-state index contributed by atoms with van der Waals surface area (Å²) in [6, 6.07) is 8.09.